The van der Waals surface area contributed by atoms with Gasteiger partial charge in [-0.25, -0.2) is 4.79 Å². The standard InChI is InChI=1S/C29H21F3N4O4/c1-15-8-16(2)10-20(9-15)36-24-12-19(29(30,31)32)6-7-21(24)25(27(36)38)35-34-23-14-33-13-22(26(23)37)17-4-3-5-18(11-17)28(39)40/h3-14,34H,1-2H3,(H,33,37)(H,39,40)/b35-25-. The number of halogens is 3. The first-order chi connectivity index (χ1) is 18.9. The number of nitrogens with zero attached hydrogens (tertiary/aromatic N) is 3. The highest BCUT2D eigenvalue weighted by Gasteiger charge is 2.39. The summed E-state index contributed by atoms with van der Waals surface area (Å²) in [6.45, 7) is 3.63. The van der Waals surface area contributed by atoms with E-state index in [0.717, 1.165) is 23.3 Å². The van der Waals surface area contributed by atoms with Crippen molar-refractivity contribution in [3.63, 3.8) is 0 Å². The number of hydrogen-bond acceptors (Lipinski definition) is 6. The molecule has 0 bridgehead atoms. The summed E-state index contributed by atoms with van der Waals surface area (Å²) >= 11 is 0. The van der Waals surface area contributed by atoms with E-state index in [2.05, 4.69) is 15.5 Å². The fraction of sp³-hybridized carbons (Fsp3) is 0.103. The van der Waals surface area contributed by atoms with Gasteiger partial charge in [-0.15, -0.1) is 0 Å². The van der Waals surface area contributed by atoms with Crippen molar-refractivity contribution in [3.8, 4) is 16.9 Å². The molecule has 1 amide bonds. The topological polar surface area (TPSA) is 115 Å². The van der Waals surface area contributed by atoms with Gasteiger partial charge in [-0.2, -0.15) is 18.3 Å². The molecule has 3 N–H and O–H groups in total. The number of hydrazone groups is 1. The lowest BCUT2D eigenvalue weighted by Crippen LogP contribution is -2.26. The van der Waals surface area contributed by atoms with Crippen molar-refractivity contribution >= 4 is 34.7 Å². The summed E-state index contributed by atoms with van der Waals surface area (Å²) in [7, 11) is 0. The molecule has 3 aromatic carbocycles. The van der Waals surface area contributed by atoms with Crippen molar-refractivity contribution in [3.05, 3.63) is 101 Å². The lowest BCUT2D eigenvalue weighted by Gasteiger charge is -2.19. The number of fused-ring (bicyclic) bond motifs is 1. The van der Waals surface area contributed by atoms with Crippen LogP contribution < -0.4 is 10.3 Å². The molecular formula is C29H21F3N4O4. The number of pyridine rings is 1. The van der Waals surface area contributed by atoms with Crippen LogP contribution in [0.4, 0.5) is 30.2 Å². The Kier molecular flexibility index (Phi) is 6.50. The average molecular weight is 547 g/mol. The summed E-state index contributed by atoms with van der Waals surface area (Å²) in [6.07, 6.45) is -2.04. The van der Waals surface area contributed by atoms with Gasteiger partial charge in [0.1, 0.15) is 5.69 Å². The van der Waals surface area contributed by atoms with Crippen molar-refractivity contribution in [1.82, 2.24) is 4.98 Å². The van der Waals surface area contributed by atoms with E-state index in [-0.39, 0.29) is 39.5 Å². The number of rotatable bonds is 5. The van der Waals surface area contributed by atoms with Crippen molar-refractivity contribution < 1.29 is 33.0 Å². The van der Waals surface area contributed by atoms with Crippen molar-refractivity contribution in [2.75, 3.05) is 10.3 Å². The third-order valence-corrected chi connectivity index (χ3v) is 6.32. The quantitative estimate of drug-likeness (QED) is 0.254. The fourth-order valence-electron chi connectivity index (χ4n) is 4.55. The fourth-order valence-corrected chi connectivity index (χ4v) is 4.55. The molecule has 4 aromatic rings. The van der Waals surface area contributed by atoms with Gasteiger partial charge in [0, 0.05) is 23.0 Å². The van der Waals surface area contributed by atoms with Crippen LogP contribution in [0.2, 0.25) is 0 Å². The number of carbonyl (C=O) groups is 2. The Hall–Kier alpha value is -5.19. The number of aromatic carboxylic acids is 1. The predicted octanol–water partition coefficient (Wildman–Crippen LogP) is 6.28. The van der Waals surface area contributed by atoms with Gasteiger partial charge in [0.2, 0.25) is 0 Å². The predicted molar refractivity (Wildman–Crippen MR) is 143 cm³/mol. The number of aromatic hydroxyl groups is 1. The van der Waals surface area contributed by atoms with Crippen molar-refractivity contribution in [2.24, 2.45) is 5.10 Å². The second-order valence-corrected chi connectivity index (χ2v) is 9.26. The number of carbonyl (C=O) groups excluding carboxylic acids is 1. The lowest BCUT2D eigenvalue weighted by atomic mass is 10.0. The van der Waals surface area contributed by atoms with Crippen LogP contribution in [0, 0.1) is 13.8 Å². The zero-order chi connectivity index (χ0) is 28.8. The number of carboxylic acids is 1. The van der Waals surface area contributed by atoms with Gasteiger partial charge < -0.3 is 10.2 Å². The summed E-state index contributed by atoms with van der Waals surface area (Å²) in [5, 5.41) is 24.3. The van der Waals surface area contributed by atoms with Crippen LogP contribution in [-0.2, 0) is 11.0 Å². The smallest absolute Gasteiger partial charge is 0.416 e. The molecule has 0 fully saturated rings. The van der Waals surface area contributed by atoms with Gasteiger partial charge in [-0.05, 0) is 73.0 Å². The Labute approximate surface area is 226 Å². The van der Waals surface area contributed by atoms with Crippen LogP contribution in [0.5, 0.6) is 5.75 Å². The van der Waals surface area contributed by atoms with Crippen molar-refractivity contribution in [1.29, 1.82) is 0 Å². The molecule has 1 aliphatic rings. The lowest BCUT2D eigenvalue weighted by molar-refractivity contribution is -0.137. The third-order valence-electron chi connectivity index (χ3n) is 6.32. The van der Waals surface area contributed by atoms with E-state index in [4.69, 9.17) is 0 Å². The minimum Gasteiger partial charge on any atom is -0.505 e. The van der Waals surface area contributed by atoms with Gasteiger partial charge in [0.25, 0.3) is 5.91 Å². The van der Waals surface area contributed by atoms with E-state index in [0.29, 0.717) is 11.3 Å². The van der Waals surface area contributed by atoms with Crippen LogP contribution in [0.3, 0.4) is 0 Å². The normalized spacial score (nSPS) is 14.0. The first-order valence-corrected chi connectivity index (χ1v) is 11.9. The molecule has 0 spiro atoms. The van der Waals surface area contributed by atoms with E-state index in [9.17, 15) is 33.0 Å². The molecule has 0 aliphatic carbocycles. The maximum atomic E-state index is 13.6. The van der Waals surface area contributed by atoms with E-state index in [1.165, 1.54) is 41.6 Å². The number of aromatic nitrogens is 1. The van der Waals surface area contributed by atoms with Gasteiger partial charge in [-0.1, -0.05) is 18.2 Å². The Bertz CT molecular complexity index is 1700. The molecule has 40 heavy (non-hydrogen) atoms. The number of carboxylic acid groups (broad SMARTS) is 1. The summed E-state index contributed by atoms with van der Waals surface area (Å²) in [6, 6.07) is 14.1. The van der Waals surface area contributed by atoms with E-state index >= 15 is 0 Å². The summed E-state index contributed by atoms with van der Waals surface area (Å²) in [5.74, 6) is -2.12. The molecule has 1 aliphatic heterocycles. The SMILES string of the molecule is Cc1cc(C)cc(N2C(=O)/C(=N\Nc3cncc(-c4cccc(C(=O)O)c4)c3O)c3ccc(C(F)(F)F)cc32)c1. The molecule has 11 heteroatoms. The Balaban J connectivity index is 1.57. The Morgan fingerprint density at radius 3 is 2.38 bits per heavy atom. The maximum Gasteiger partial charge on any atom is 0.416 e. The van der Waals surface area contributed by atoms with Crippen molar-refractivity contribution in [2.45, 2.75) is 20.0 Å². The number of benzene rings is 3. The van der Waals surface area contributed by atoms with Crippen LogP contribution in [0.1, 0.15) is 32.6 Å². The molecule has 202 valence electrons. The molecule has 2 heterocycles. The molecule has 0 saturated carbocycles. The van der Waals surface area contributed by atoms with E-state index in [1.807, 2.05) is 19.9 Å². The Morgan fingerprint density at radius 1 is 0.975 bits per heavy atom. The third kappa shape index (κ3) is 4.84. The van der Waals surface area contributed by atoms with Gasteiger partial charge in [0.05, 0.1) is 23.0 Å². The number of amides is 1. The molecule has 0 atom stereocenters. The number of hydrogen-bond donors (Lipinski definition) is 3. The number of alkyl halides is 3. The highest BCUT2D eigenvalue weighted by Crippen LogP contribution is 2.41. The van der Waals surface area contributed by atoms with Gasteiger partial charge >= 0.3 is 12.1 Å². The molecule has 0 unspecified atom stereocenters. The number of aryl methyl sites for hydroxylation is 2. The first kappa shape index (κ1) is 26.4. The monoisotopic (exact) mass is 546 g/mol. The number of nitrogens with one attached hydrogen (secondary N) is 1. The largest absolute Gasteiger partial charge is 0.505 e. The molecular weight excluding hydrogens is 525 g/mol. The minimum atomic E-state index is -4.62. The summed E-state index contributed by atoms with van der Waals surface area (Å²) in [5.41, 5.74) is 4.33. The zero-order valence-electron chi connectivity index (χ0n) is 21.1. The molecule has 0 radical (unpaired) electrons. The summed E-state index contributed by atoms with van der Waals surface area (Å²) in [4.78, 5) is 30.2. The van der Waals surface area contributed by atoms with Gasteiger partial charge in [-0.3, -0.25) is 20.1 Å². The molecule has 5 rings (SSSR count). The van der Waals surface area contributed by atoms with E-state index in [1.54, 1.807) is 18.2 Å². The minimum absolute atomic E-state index is 0.00293. The summed E-state index contributed by atoms with van der Waals surface area (Å²) < 4.78 is 40.7. The number of anilines is 3. The Morgan fingerprint density at radius 2 is 1.70 bits per heavy atom. The molecule has 0 saturated heterocycles. The maximum absolute atomic E-state index is 13.6. The average Bonchev–Trinajstić information content (AvgIpc) is 3.17. The molecule has 8 nitrogen and oxygen atoms in total. The zero-order valence-corrected chi connectivity index (χ0v) is 21.1. The molecule has 1 aromatic heterocycles. The van der Waals surface area contributed by atoms with Gasteiger partial charge in [0.15, 0.2) is 11.5 Å². The van der Waals surface area contributed by atoms with E-state index < -0.39 is 23.6 Å². The van der Waals surface area contributed by atoms with Crippen LogP contribution >= 0.6 is 0 Å². The highest BCUT2D eigenvalue weighted by atomic mass is 19.4. The van der Waals surface area contributed by atoms with Crippen LogP contribution in [0.25, 0.3) is 11.1 Å². The van der Waals surface area contributed by atoms with Crippen LogP contribution in [-0.4, -0.2) is 32.8 Å². The second-order valence-electron chi connectivity index (χ2n) is 9.26. The highest BCUT2D eigenvalue weighted by molar-refractivity contribution is 6.55. The first-order valence-electron chi connectivity index (χ1n) is 11.9. The second kappa shape index (κ2) is 9.84. The van der Waals surface area contributed by atoms with Crippen LogP contribution in [0.15, 0.2) is 78.2 Å².